The summed E-state index contributed by atoms with van der Waals surface area (Å²) in [6.45, 7) is 0. The van der Waals surface area contributed by atoms with Crippen LogP contribution < -0.4 is 5.32 Å². The van der Waals surface area contributed by atoms with Gasteiger partial charge in [0.1, 0.15) is 0 Å². The maximum atomic E-state index is 11.9. The van der Waals surface area contributed by atoms with Gasteiger partial charge in [-0.15, -0.1) is 0 Å². The van der Waals surface area contributed by atoms with Crippen LogP contribution in [-0.4, -0.2) is 22.9 Å². The van der Waals surface area contributed by atoms with E-state index in [1.165, 1.54) is 0 Å². The van der Waals surface area contributed by atoms with Crippen LogP contribution in [0.15, 0.2) is 42.5 Å². The lowest BCUT2D eigenvalue weighted by Crippen LogP contribution is -2.30. The number of fused-ring (bicyclic) bond motifs is 1. The summed E-state index contributed by atoms with van der Waals surface area (Å²) in [5.74, 6) is -2.19. The number of amides is 2. The molecular weight excluding hydrogens is 258 g/mol. The quantitative estimate of drug-likeness (QED) is 0.890. The molecule has 0 unspecified atom stereocenters. The van der Waals surface area contributed by atoms with Crippen molar-refractivity contribution < 1.29 is 19.5 Å². The van der Waals surface area contributed by atoms with Crippen molar-refractivity contribution >= 4 is 28.6 Å². The van der Waals surface area contributed by atoms with E-state index >= 15 is 0 Å². The van der Waals surface area contributed by atoms with Gasteiger partial charge in [0, 0.05) is 12.0 Å². The van der Waals surface area contributed by atoms with Crippen molar-refractivity contribution in [3.63, 3.8) is 0 Å². The van der Waals surface area contributed by atoms with Gasteiger partial charge < -0.3 is 5.11 Å². The van der Waals surface area contributed by atoms with Crippen LogP contribution in [0.3, 0.4) is 0 Å². The van der Waals surface area contributed by atoms with Crippen LogP contribution in [0.5, 0.6) is 0 Å². The normalized spacial score (nSPS) is 10.2. The first-order valence-corrected chi connectivity index (χ1v) is 6.11. The molecule has 2 aromatic carbocycles. The van der Waals surface area contributed by atoms with Crippen LogP contribution in [0.1, 0.15) is 23.2 Å². The van der Waals surface area contributed by atoms with E-state index in [2.05, 4.69) is 5.32 Å². The molecule has 0 aromatic heterocycles. The minimum atomic E-state index is -1.07. The molecule has 0 bridgehead atoms. The average molecular weight is 271 g/mol. The van der Waals surface area contributed by atoms with Gasteiger partial charge in [0.25, 0.3) is 5.91 Å². The Labute approximate surface area is 115 Å². The highest BCUT2D eigenvalue weighted by Crippen LogP contribution is 2.15. The van der Waals surface area contributed by atoms with E-state index in [0.717, 1.165) is 10.8 Å². The number of imide groups is 1. The molecule has 0 saturated heterocycles. The highest BCUT2D eigenvalue weighted by molar-refractivity contribution is 6.06. The largest absolute Gasteiger partial charge is 0.481 e. The fourth-order valence-corrected chi connectivity index (χ4v) is 1.81. The Morgan fingerprint density at radius 1 is 0.950 bits per heavy atom. The third-order valence-electron chi connectivity index (χ3n) is 2.83. The molecule has 2 N–H and O–H groups in total. The van der Waals surface area contributed by atoms with E-state index in [0.29, 0.717) is 5.56 Å². The fraction of sp³-hybridized carbons (Fsp3) is 0.133. The molecule has 5 heteroatoms. The summed E-state index contributed by atoms with van der Waals surface area (Å²) < 4.78 is 0. The number of carboxylic acid groups (broad SMARTS) is 1. The van der Waals surface area contributed by atoms with Crippen LogP contribution in [0.4, 0.5) is 0 Å². The maximum absolute atomic E-state index is 11.9. The number of benzene rings is 2. The SMILES string of the molecule is O=C(O)CCC(=O)NC(=O)c1ccc2ccccc2c1. The third-order valence-corrected chi connectivity index (χ3v) is 2.83. The molecule has 0 aliphatic heterocycles. The Morgan fingerprint density at radius 3 is 2.35 bits per heavy atom. The maximum Gasteiger partial charge on any atom is 0.303 e. The van der Waals surface area contributed by atoms with Crippen molar-refractivity contribution in [3.05, 3.63) is 48.0 Å². The van der Waals surface area contributed by atoms with Crippen molar-refractivity contribution in [1.29, 1.82) is 0 Å². The zero-order chi connectivity index (χ0) is 14.5. The molecule has 0 spiro atoms. The lowest BCUT2D eigenvalue weighted by Gasteiger charge is -2.04. The van der Waals surface area contributed by atoms with Crippen LogP contribution in [0.2, 0.25) is 0 Å². The van der Waals surface area contributed by atoms with Crippen molar-refractivity contribution in [2.75, 3.05) is 0 Å². The Kier molecular flexibility index (Phi) is 4.10. The molecule has 0 atom stereocenters. The molecule has 0 fully saturated rings. The van der Waals surface area contributed by atoms with Crippen molar-refractivity contribution in [3.8, 4) is 0 Å². The first-order valence-electron chi connectivity index (χ1n) is 6.11. The van der Waals surface area contributed by atoms with Gasteiger partial charge in [0.15, 0.2) is 0 Å². The highest BCUT2D eigenvalue weighted by Gasteiger charge is 2.11. The molecule has 20 heavy (non-hydrogen) atoms. The predicted octanol–water partition coefficient (Wildman–Crippen LogP) is 1.96. The molecule has 0 radical (unpaired) electrons. The molecule has 102 valence electrons. The lowest BCUT2D eigenvalue weighted by molar-refractivity contribution is -0.138. The summed E-state index contributed by atoms with van der Waals surface area (Å²) in [4.78, 5) is 33.6. The zero-order valence-corrected chi connectivity index (χ0v) is 10.6. The topological polar surface area (TPSA) is 83.5 Å². The fourth-order valence-electron chi connectivity index (χ4n) is 1.81. The number of carbonyl (C=O) groups is 3. The van der Waals surface area contributed by atoms with E-state index < -0.39 is 17.8 Å². The second kappa shape index (κ2) is 5.97. The second-order valence-corrected chi connectivity index (χ2v) is 4.33. The van der Waals surface area contributed by atoms with Gasteiger partial charge in [-0.25, -0.2) is 0 Å². The smallest absolute Gasteiger partial charge is 0.303 e. The van der Waals surface area contributed by atoms with Crippen molar-refractivity contribution in [2.24, 2.45) is 0 Å². The molecule has 2 amide bonds. The minimum absolute atomic E-state index is 0.214. The standard InChI is InChI=1S/C15H13NO4/c17-13(7-8-14(18)19)16-15(20)12-6-5-10-3-1-2-4-11(10)9-12/h1-6,9H,7-8H2,(H,18,19)(H,16,17,20). The first kappa shape index (κ1) is 13.7. The summed E-state index contributed by atoms with van der Waals surface area (Å²) in [5, 5.41) is 12.5. The lowest BCUT2D eigenvalue weighted by atomic mass is 10.1. The molecule has 0 aliphatic rings. The summed E-state index contributed by atoms with van der Waals surface area (Å²) >= 11 is 0. The van der Waals surface area contributed by atoms with E-state index in [1.807, 2.05) is 24.3 Å². The molecule has 0 aliphatic carbocycles. The predicted molar refractivity (Wildman–Crippen MR) is 73.3 cm³/mol. The molecule has 5 nitrogen and oxygen atoms in total. The molecule has 2 aromatic rings. The highest BCUT2D eigenvalue weighted by atomic mass is 16.4. The summed E-state index contributed by atoms with van der Waals surface area (Å²) in [5.41, 5.74) is 0.368. The van der Waals surface area contributed by atoms with Gasteiger partial charge in [0.05, 0.1) is 6.42 Å². The summed E-state index contributed by atoms with van der Waals surface area (Å²) in [6.07, 6.45) is -0.508. The van der Waals surface area contributed by atoms with Crippen molar-refractivity contribution in [2.45, 2.75) is 12.8 Å². The monoisotopic (exact) mass is 271 g/mol. The third kappa shape index (κ3) is 3.41. The van der Waals surface area contributed by atoms with E-state index in [4.69, 9.17) is 5.11 Å². The Balaban J connectivity index is 2.07. The molecule has 0 heterocycles. The van der Waals surface area contributed by atoms with E-state index in [9.17, 15) is 14.4 Å². The number of aliphatic carboxylic acids is 1. The number of carbonyl (C=O) groups excluding carboxylic acids is 2. The van der Waals surface area contributed by atoms with Gasteiger partial charge in [-0.2, -0.15) is 0 Å². The van der Waals surface area contributed by atoms with Gasteiger partial charge in [-0.1, -0.05) is 30.3 Å². The van der Waals surface area contributed by atoms with Gasteiger partial charge in [-0.3, -0.25) is 19.7 Å². The molecule has 2 rings (SSSR count). The molecule has 0 saturated carbocycles. The van der Waals surface area contributed by atoms with E-state index in [-0.39, 0.29) is 12.8 Å². The molecular formula is C15H13NO4. The van der Waals surface area contributed by atoms with Crippen LogP contribution in [-0.2, 0) is 9.59 Å². The van der Waals surface area contributed by atoms with Gasteiger partial charge >= 0.3 is 5.97 Å². The van der Waals surface area contributed by atoms with Crippen molar-refractivity contribution in [1.82, 2.24) is 5.32 Å². The minimum Gasteiger partial charge on any atom is -0.481 e. The average Bonchev–Trinajstić information content (AvgIpc) is 2.44. The Morgan fingerprint density at radius 2 is 1.65 bits per heavy atom. The number of rotatable bonds is 4. The number of carboxylic acids is 1. The zero-order valence-electron chi connectivity index (χ0n) is 10.6. The Bertz CT molecular complexity index is 678. The number of hydrogen-bond donors (Lipinski definition) is 2. The summed E-state index contributed by atoms with van der Waals surface area (Å²) in [6, 6.07) is 12.7. The van der Waals surface area contributed by atoms with Crippen LogP contribution in [0.25, 0.3) is 10.8 Å². The summed E-state index contributed by atoms with van der Waals surface area (Å²) in [7, 11) is 0. The number of hydrogen-bond acceptors (Lipinski definition) is 3. The Hall–Kier alpha value is -2.69. The van der Waals surface area contributed by atoms with E-state index in [1.54, 1.807) is 18.2 Å². The van der Waals surface area contributed by atoms with Crippen LogP contribution >= 0.6 is 0 Å². The van der Waals surface area contributed by atoms with Gasteiger partial charge in [0.2, 0.25) is 5.91 Å². The van der Waals surface area contributed by atoms with Crippen LogP contribution in [0, 0.1) is 0 Å². The second-order valence-electron chi connectivity index (χ2n) is 4.33. The van der Waals surface area contributed by atoms with Gasteiger partial charge in [-0.05, 0) is 22.9 Å². The number of nitrogens with one attached hydrogen (secondary N) is 1. The first-order chi connectivity index (χ1) is 9.56.